The smallest absolute Gasteiger partial charge is 0.0946 e. The highest BCUT2D eigenvalue weighted by molar-refractivity contribution is 4.81. The predicted octanol–water partition coefficient (Wildman–Crippen LogP) is 1.26. The quantitative estimate of drug-likeness (QED) is 0.720. The van der Waals surface area contributed by atoms with Gasteiger partial charge in [-0.15, -0.1) is 0 Å². The zero-order valence-corrected chi connectivity index (χ0v) is 7.99. The van der Waals surface area contributed by atoms with Crippen LogP contribution in [0, 0.1) is 5.41 Å². The topological polar surface area (TPSA) is 43.8 Å². The Morgan fingerprint density at radius 2 is 2.17 bits per heavy atom. The Labute approximate surface area is 73.6 Å². The molecule has 1 atom stereocenters. The lowest BCUT2D eigenvalue weighted by Crippen LogP contribution is -2.38. The molecule has 1 aromatic heterocycles. The summed E-state index contributed by atoms with van der Waals surface area (Å²) in [4.78, 5) is 3.96. The third-order valence-corrected chi connectivity index (χ3v) is 2.08. The molecule has 68 valence electrons. The molecule has 3 nitrogen and oxygen atoms in total. The van der Waals surface area contributed by atoms with Gasteiger partial charge in [-0.1, -0.05) is 20.8 Å². The van der Waals surface area contributed by atoms with Crippen molar-refractivity contribution >= 4 is 0 Å². The van der Waals surface area contributed by atoms with Crippen LogP contribution in [0.1, 0.15) is 20.8 Å². The number of nitrogens with two attached hydrogens (primary N) is 1. The molecule has 1 rings (SSSR count). The van der Waals surface area contributed by atoms with Crippen LogP contribution in [0.3, 0.4) is 0 Å². The fraction of sp³-hybridized carbons (Fsp3) is 0.667. The molecule has 2 N–H and O–H groups in total. The van der Waals surface area contributed by atoms with Crippen molar-refractivity contribution in [2.75, 3.05) is 0 Å². The Bertz CT molecular complexity index is 220. The third-order valence-electron chi connectivity index (χ3n) is 2.08. The minimum atomic E-state index is 0.157. The molecule has 0 saturated carbocycles. The molecular formula is C9H17N3. The first-order valence-electron chi connectivity index (χ1n) is 4.21. The fourth-order valence-electron chi connectivity index (χ4n) is 0.896. The molecule has 0 fully saturated rings. The van der Waals surface area contributed by atoms with E-state index in [9.17, 15) is 0 Å². The minimum absolute atomic E-state index is 0.157. The second-order valence-electron chi connectivity index (χ2n) is 4.23. The second-order valence-corrected chi connectivity index (χ2v) is 4.23. The van der Waals surface area contributed by atoms with Gasteiger partial charge in [-0.2, -0.15) is 0 Å². The molecule has 0 aliphatic rings. The summed E-state index contributed by atoms with van der Waals surface area (Å²) in [5.74, 6) is 0. The van der Waals surface area contributed by atoms with Gasteiger partial charge in [0.2, 0.25) is 0 Å². The highest BCUT2D eigenvalue weighted by Gasteiger charge is 2.20. The van der Waals surface area contributed by atoms with Crippen molar-refractivity contribution in [3.63, 3.8) is 0 Å². The van der Waals surface area contributed by atoms with Gasteiger partial charge in [0.25, 0.3) is 0 Å². The first-order valence-corrected chi connectivity index (χ1v) is 4.21. The van der Waals surface area contributed by atoms with Crippen molar-refractivity contribution < 1.29 is 0 Å². The van der Waals surface area contributed by atoms with E-state index in [1.807, 2.05) is 10.8 Å². The molecule has 0 spiro atoms. The zero-order chi connectivity index (χ0) is 9.19. The molecule has 12 heavy (non-hydrogen) atoms. The van der Waals surface area contributed by atoms with E-state index in [2.05, 4.69) is 25.8 Å². The Kier molecular flexibility index (Phi) is 2.52. The Morgan fingerprint density at radius 1 is 1.50 bits per heavy atom. The van der Waals surface area contributed by atoms with Crippen molar-refractivity contribution in [2.24, 2.45) is 11.1 Å². The van der Waals surface area contributed by atoms with Crippen molar-refractivity contribution in [3.05, 3.63) is 18.7 Å². The lowest BCUT2D eigenvalue weighted by molar-refractivity contribution is 0.291. The maximum absolute atomic E-state index is 5.99. The van der Waals surface area contributed by atoms with E-state index in [1.165, 1.54) is 0 Å². The maximum atomic E-state index is 5.99. The van der Waals surface area contributed by atoms with Crippen LogP contribution >= 0.6 is 0 Å². The van der Waals surface area contributed by atoms with E-state index < -0.39 is 0 Å². The van der Waals surface area contributed by atoms with Gasteiger partial charge < -0.3 is 10.3 Å². The third kappa shape index (κ3) is 2.34. The van der Waals surface area contributed by atoms with E-state index in [0.717, 1.165) is 6.54 Å². The van der Waals surface area contributed by atoms with E-state index in [-0.39, 0.29) is 11.5 Å². The van der Waals surface area contributed by atoms with Crippen LogP contribution in [0.2, 0.25) is 0 Å². The van der Waals surface area contributed by atoms with Gasteiger partial charge in [0, 0.05) is 25.0 Å². The molecule has 1 heterocycles. The molecule has 0 amide bonds. The van der Waals surface area contributed by atoms with Crippen molar-refractivity contribution in [1.29, 1.82) is 0 Å². The molecule has 0 unspecified atom stereocenters. The van der Waals surface area contributed by atoms with Crippen LogP contribution in [0.15, 0.2) is 18.7 Å². The lowest BCUT2D eigenvalue weighted by atomic mass is 9.87. The van der Waals surface area contributed by atoms with Crippen LogP contribution in [0.4, 0.5) is 0 Å². The zero-order valence-electron chi connectivity index (χ0n) is 7.99. The molecule has 0 aliphatic heterocycles. The maximum Gasteiger partial charge on any atom is 0.0946 e. The highest BCUT2D eigenvalue weighted by atomic mass is 15.0. The molecular weight excluding hydrogens is 150 g/mol. The van der Waals surface area contributed by atoms with Gasteiger partial charge in [-0.3, -0.25) is 0 Å². The van der Waals surface area contributed by atoms with Crippen LogP contribution < -0.4 is 5.73 Å². The number of hydrogen-bond acceptors (Lipinski definition) is 2. The number of aromatic nitrogens is 2. The predicted molar refractivity (Wildman–Crippen MR) is 49.7 cm³/mol. The number of rotatable bonds is 2. The van der Waals surface area contributed by atoms with E-state index in [4.69, 9.17) is 5.73 Å². The van der Waals surface area contributed by atoms with Gasteiger partial charge >= 0.3 is 0 Å². The number of hydrogen-bond donors (Lipinski definition) is 1. The molecule has 0 aromatic carbocycles. The van der Waals surface area contributed by atoms with Gasteiger partial charge in [0.1, 0.15) is 0 Å². The molecule has 3 heteroatoms. The standard InChI is InChI=1S/C9H17N3/c1-9(2,3)8(10)6-12-5-4-11-7-12/h4-5,7-8H,6,10H2,1-3H3/t8-/m0/s1. The van der Waals surface area contributed by atoms with Crippen LogP contribution in [-0.2, 0) is 6.54 Å². The van der Waals surface area contributed by atoms with Crippen molar-refractivity contribution in [3.8, 4) is 0 Å². The van der Waals surface area contributed by atoms with Crippen LogP contribution in [0.5, 0.6) is 0 Å². The molecule has 1 aromatic rings. The Morgan fingerprint density at radius 3 is 2.58 bits per heavy atom. The Balaban J connectivity index is 2.53. The van der Waals surface area contributed by atoms with Gasteiger partial charge in [0.15, 0.2) is 0 Å². The number of nitrogens with zero attached hydrogens (tertiary/aromatic N) is 2. The summed E-state index contributed by atoms with van der Waals surface area (Å²) >= 11 is 0. The lowest BCUT2D eigenvalue weighted by Gasteiger charge is -2.27. The van der Waals surface area contributed by atoms with E-state index in [0.29, 0.717) is 0 Å². The second kappa shape index (κ2) is 3.27. The summed E-state index contributed by atoms with van der Waals surface area (Å²) in [6.45, 7) is 7.28. The number of imidazole rings is 1. The minimum Gasteiger partial charge on any atom is -0.336 e. The Hall–Kier alpha value is -0.830. The largest absolute Gasteiger partial charge is 0.336 e. The summed E-state index contributed by atoms with van der Waals surface area (Å²) in [6.07, 6.45) is 5.51. The normalized spacial score (nSPS) is 14.7. The van der Waals surface area contributed by atoms with Gasteiger partial charge in [-0.25, -0.2) is 4.98 Å². The van der Waals surface area contributed by atoms with Gasteiger partial charge in [-0.05, 0) is 5.41 Å². The fourth-order valence-corrected chi connectivity index (χ4v) is 0.896. The SMILES string of the molecule is CC(C)(C)[C@@H](N)Cn1ccnc1. The highest BCUT2D eigenvalue weighted by Crippen LogP contribution is 2.18. The van der Waals surface area contributed by atoms with Crippen molar-refractivity contribution in [1.82, 2.24) is 9.55 Å². The van der Waals surface area contributed by atoms with Crippen LogP contribution in [-0.4, -0.2) is 15.6 Å². The van der Waals surface area contributed by atoms with E-state index >= 15 is 0 Å². The molecule has 0 saturated heterocycles. The molecule has 0 bridgehead atoms. The first-order chi connectivity index (χ1) is 5.50. The summed E-state index contributed by atoms with van der Waals surface area (Å²) < 4.78 is 2.01. The summed E-state index contributed by atoms with van der Waals surface area (Å²) in [5, 5.41) is 0. The summed E-state index contributed by atoms with van der Waals surface area (Å²) in [5.41, 5.74) is 6.15. The average molecular weight is 167 g/mol. The van der Waals surface area contributed by atoms with Crippen molar-refractivity contribution in [2.45, 2.75) is 33.4 Å². The molecule has 0 radical (unpaired) electrons. The summed E-state index contributed by atoms with van der Waals surface area (Å²) in [6, 6.07) is 0.173. The summed E-state index contributed by atoms with van der Waals surface area (Å²) in [7, 11) is 0. The van der Waals surface area contributed by atoms with Gasteiger partial charge in [0.05, 0.1) is 6.33 Å². The van der Waals surface area contributed by atoms with E-state index in [1.54, 1.807) is 12.5 Å². The first kappa shape index (κ1) is 9.26. The monoisotopic (exact) mass is 167 g/mol. The average Bonchev–Trinajstić information content (AvgIpc) is 2.37. The van der Waals surface area contributed by atoms with Crippen LogP contribution in [0.25, 0.3) is 0 Å². The molecule has 0 aliphatic carbocycles.